The summed E-state index contributed by atoms with van der Waals surface area (Å²) in [6.07, 6.45) is 3.88. The van der Waals surface area contributed by atoms with Crippen molar-refractivity contribution in [2.75, 3.05) is 11.9 Å². The Hall–Kier alpha value is -2.37. The maximum atomic E-state index is 13.8. The highest BCUT2D eigenvalue weighted by molar-refractivity contribution is 7.95. The van der Waals surface area contributed by atoms with Crippen molar-refractivity contribution in [1.29, 1.82) is 0 Å². The van der Waals surface area contributed by atoms with E-state index in [0.29, 0.717) is 5.02 Å². The number of anilines is 1. The molecule has 5 nitrogen and oxygen atoms in total. The molecule has 1 aliphatic carbocycles. The number of fused-ring (bicyclic) bond motifs is 1. The van der Waals surface area contributed by atoms with Crippen molar-refractivity contribution in [2.24, 2.45) is 4.15 Å². The molecule has 1 heterocycles. The number of rotatable bonds is 6. The minimum atomic E-state index is -4.06. The summed E-state index contributed by atoms with van der Waals surface area (Å²) in [6.45, 7) is 4.34. The van der Waals surface area contributed by atoms with Crippen LogP contribution in [-0.2, 0) is 20.0 Å². The van der Waals surface area contributed by atoms with E-state index in [-0.39, 0.29) is 16.4 Å². The van der Waals surface area contributed by atoms with Gasteiger partial charge in [-0.3, -0.25) is 0 Å². The fourth-order valence-corrected chi connectivity index (χ4v) is 10.7. The fourth-order valence-electron chi connectivity index (χ4n) is 5.33. The molecule has 1 saturated carbocycles. The van der Waals surface area contributed by atoms with Gasteiger partial charge in [0.05, 0.1) is 11.0 Å². The molecule has 0 saturated heterocycles. The van der Waals surface area contributed by atoms with Crippen LogP contribution in [-0.4, -0.2) is 21.6 Å². The maximum Gasteiger partial charge on any atom is 0.283 e. The summed E-state index contributed by atoms with van der Waals surface area (Å²) in [7, 11) is -5.22. The third-order valence-electron chi connectivity index (χ3n) is 7.32. The number of hydrogen-bond acceptors (Lipinski definition) is 4. The number of hydrogen-bond donors (Lipinski definition) is 0. The molecule has 194 valence electrons. The van der Waals surface area contributed by atoms with E-state index in [4.69, 9.17) is 20.3 Å². The highest BCUT2D eigenvalue weighted by atomic mass is 35.5. The van der Waals surface area contributed by atoms with Crippen LogP contribution in [0.4, 0.5) is 5.69 Å². The molecule has 0 amide bonds. The summed E-state index contributed by atoms with van der Waals surface area (Å²) in [5.74, 6) is 2.04. The van der Waals surface area contributed by atoms with Gasteiger partial charge in [-0.25, -0.2) is 0 Å². The summed E-state index contributed by atoms with van der Waals surface area (Å²) < 4.78 is 39.3. The smallest absolute Gasteiger partial charge is 0.283 e. The van der Waals surface area contributed by atoms with Crippen LogP contribution >= 0.6 is 18.9 Å². The lowest BCUT2D eigenvalue weighted by atomic mass is 9.84. The molecule has 1 aliphatic heterocycles. The SMILES string of the molecule is CN1/C(=C\P(=NS(=O)(=O)c2ccc(Cl)cc2)(OC2CCCC2)c2ccccc2)C(C)(C)c2ccccc21. The molecule has 5 rings (SSSR count). The Morgan fingerprint density at radius 3 is 2.24 bits per heavy atom. The second kappa shape index (κ2) is 10.1. The Kier molecular flexibility index (Phi) is 7.14. The van der Waals surface area contributed by atoms with E-state index >= 15 is 0 Å². The second-order valence-corrected chi connectivity index (χ2v) is 14.9. The number of sulfonamides is 1. The van der Waals surface area contributed by atoms with Crippen LogP contribution in [0, 0.1) is 0 Å². The predicted octanol–water partition coefficient (Wildman–Crippen LogP) is 7.70. The third-order valence-corrected chi connectivity index (χ3v) is 12.5. The topological polar surface area (TPSA) is 59.0 Å². The zero-order valence-electron chi connectivity index (χ0n) is 21.3. The molecule has 37 heavy (non-hydrogen) atoms. The fraction of sp³-hybridized carbons (Fsp3) is 0.310. The van der Waals surface area contributed by atoms with Gasteiger partial charge in [-0.2, -0.15) is 8.42 Å². The highest BCUT2D eigenvalue weighted by Gasteiger charge is 2.41. The molecule has 1 unspecified atom stereocenters. The summed E-state index contributed by atoms with van der Waals surface area (Å²) in [5, 5.41) is 1.26. The minimum absolute atomic E-state index is 0.0493. The first-order valence-corrected chi connectivity index (χ1v) is 16.1. The molecule has 0 radical (unpaired) electrons. The van der Waals surface area contributed by atoms with Crippen LogP contribution in [0.1, 0.15) is 45.1 Å². The predicted molar refractivity (Wildman–Crippen MR) is 153 cm³/mol. The monoisotopic (exact) mass is 554 g/mol. The Morgan fingerprint density at radius 1 is 0.973 bits per heavy atom. The zero-order chi connectivity index (χ0) is 26.3. The van der Waals surface area contributed by atoms with Crippen LogP contribution in [0.5, 0.6) is 0 Å². The van der Waals surface area contributed by atoms with Crippen molar-refractivity contribution in [3.8, 4) is 0 Å². The molecule has 0 spiro atoms. The number of benzene rings is 3. The first kappa shape index (κ1) is 26.2. The molecule has 1 fully saturated rings. The molecule has 0 N–H and O–H groups in total. The number of halogens is 1. The van der Waals surface area contributed by atoms with Crippen molar-refractivity contribution in [3.63, 3.8) is 0 Å². The summed E-state index contributed by atoms with van der Waals surface area (Å²) in [5.41, 5.74) is 2.92. The van der Waals surface area contributed by atoms with Gasteiger partial charge in [0.25, 0.3) is 10.0 Å². The molecule has 0 bridgehead atoms. The van der Waals surface area contributed by atoms with Gasteiger partial charge in [0.15, 0.2) is 7.28 Å². The quantitative estimate of drug-likeness (QED) is 0.293. The highest BCUT2D eigenvalue weighted by Crippen LogP contribution is 2.59. The molecular formula is C29H32ClN2O3PS. The lowest BCUT2D eigenvalue weighted by molar-refractivity contribution is 0.236. The van der Waals surface area contributed by atoms with Gasteiger partial charge in [0.1, 0.15) is 0 Å². The van der Waals surface area contributed by atoms with E-state index in [1.807, 2.05) is 55.3 Å². The van der Waals surface area contributed by atoms with E-state index < -0.39 is 17.3 Å². The van der Waals surface area contributed by atoms with Crippen LogP contribution in [0.15, 0.2) is 99.4 Å². The van der Waals surface area contributed by atoms with Crippen LogP contribution < -0.4 is 10.2 Å². The summed E-state index contributed by atoms with van der Waals surface area (Å²) in [6, 6.07) is 24.1. The molecule has 3 aromatic carbocycles. The molecule has 2 aliphatic rings. The van der Waals surface area contributed by atoms with Crippen molar-refractivity contribution in [3.05, 3.63) is 101 Å². The Labute approximate surface area is 225 Å². The normalized spacial score (nSPS) is 20.1. The van der Waals surface area contributed by atoms with E-state index in [9.17, 15) is 8.42 Å². The molecule has 3 aromatic rings. The number of nitrogens with zero attached hydrogens (tertiary/aromatic N) is 2. The number of allylic oxidation sites excluding steroid dienone is 1. The zero-order valence-corrected chi connectivity index (χ0v) is 23.8. The Balaban J connectivity index is 1.79. The first-order valence-electron chi connectivity index (χ1n) is 12.6. The molecule has 1 atom stereocenters. The van der Waals surface area contributed by atoms with Gasteiger partial charge in [-0.05, 0) is 48.7 Å². The summed E-state index contributed by atoms with van der Waals surface area (Å²) in [4.78, 5) is 2.25. The number of para-hydroxylation sites is 1. The second-order valence-electron chi connectivity index (χ2n) is 10.2. The number of likely N-dealkylation sites (N-methyl/N-ethyl adjacent to an activating group) is 1. The Morgan fingerprint density at radius 2 is 1.59 bits per heavy atom. The van der Waals surface area contributed by atoms with Crippen molar-refractivity contribution >= 4 is 39.9 Å². The average molecular weight is 555 g/mol. The summed E-state index contributed by atoms with van der Waals surface area (Å²) >= 11 is 6.05. The standard InChI is InChI=1S/C29H32ClN2O3PS/c1-29(2)26-15-9-10-16-27(26)32(3)28(29)21-36(24-13-5-4-6-14-24,35-23-11-7-8-12-23)31-37(33,34)25-19-17-22(30)18-20-25/h4-6,9-10,13-21,23H,7-8,11-12H2,1-3H3/b28-21-. The minimum Gasteiger partial charge on any atom is -0.347 e. The lowest BCUT2D eigenvalue weighted by Crippen LogP contribution is -2.24. The van der Waals surface area contributed by atoms with Gasteiger partial charge < -0.3 is 9.42 Å². The lowest BCUT2D eigenvalue weighted by Gasteiger charge is -2.30. The van der Waals surface area contributed by atoms with Gasteiger partial charge in [0.2, 0.25) is 0 Å². The van der Waals surface area contributed by atoms with E-state index in [1.54, 1.807) is 12.1 Å². The molecular weight excluding hydrogens is 523 g/mol. The van der Waals surface area contributed by atoms with Gasteiger partial charge in [-0.15, -0.1) is 4.15 Å². The van der Waals surface area contributed by atoms with Gasteiger partial charge >= 0.3 is 0 Å². The van der Waals surface area contributed by atoms with Gasteiger partial charge in [0, 0.05) is 40.0 Å². The Bertz CT molecular complexity index is 1480. The van der Waals surface area contributed by atoms with Crippen molar-refractivity contribution in [2.45, 2.75) is 55.9 Å². The van der Waals surface area contributed by atoms with E-state index in [0.717, 1.165) is 42.4 Å². The van der Waals surface area contributed by atoms with Gasteiger partial charge in [-0.1, -0.05) is 86.8 Å². The van der Waals surface area contributed by atoms with E-state index in [2.05, 4.69) is 30.9 Å². The van der Waals surface area contributed by atoms with E-state index in [1.165, 1.54) is 17.7 Å². The molecule has 0 aromatic heterocycles. The molecule has 8 heteroatoms. The third kappa shape index (κ3) is 5.05. The van der Waals surface area contributed by atoms with Crippen molar-refractivity contribution < 1.29 is 12.9 Å². The van der Waals surface area contributed by atoms with Crippen LogP contribution in [0.25, 0.3) is 0 Å². The van der Waals surface area contributed by atoms with Crippen molar-refractivity contribution in [1.82, 2.24) is 0 Å². The largest absolute Gasteiger partial charge is 0.347 e. The van der Waals surface area contributed by atoms with Crippen LogP contribution in [0.2, 0.25) is 5.02 Å². The first-order chi connectivity index (χ1) is 17.6. The maximum absolute atomic E-state index is 13.8. The van der Waals surface area contributed by atoms with Crippen LogP contribution in [0.3, 0.4) is 0 Å². The average Bonchev–Trinajstić information content (AvgIpc) is 3.46.